The number of methoxy groups -OCH3 is 2. The second kappa shape index (κ2) is 11.5. The fraction of sp³-hybridized carbons (Fsp3) is 0.650. The molecule has 1 aliphatic heterocycles. The van der Waals surface area contributed by atoms with Crippen molar-refractivity contribution in [3.63, 3.8) is 0 Å². The Hall–Kier alpha value is -1.55. The maximum Gasteiger partial charge on any atom is 0.329 e. The molecule has 1 aromatic carbocycles. The molecule has 1 N–H and O–H groups in total. The van der Waals surface area contributed by atoms with Gasteiger partial charge >= 0.3 is 5.97 Å². The van der Waals surface area contributed by atoms with Gasteiger partial charge in [-0.3, -0.25) is 0 Å². The summed E-state index contributed by atoms with van der Waals surface area (Å²) < 4.78 is 34.4. The Morgan fingerprint density at radius 3 is 2.32 bits per heavy atom. The van der Waals surface area contributed by atoms with Gasteiger partial charge in [-0.05, 0) is 19.4 Å². The first-order chi connectivity index (χ1) is 13.5. The molecule has 0 spiro atoms. The van der Waals surface area contributed by atoms with Crippen molar-refractivity contribution in [2.45, 2.75) is 57.3 Å². The van der Waals surface area contributed by atoms with E-state index in [1.807, 2.05) is 44.2 Å². The van der Waals surface area contributed by atoms with Crippen LogP contribution in [0.25, 0.3) is 0 Å². The molecule has 2 rings (SSSR count). The fourth-order valence-corrected chi connectivity index (χ4v) is 3.08. The Bertz CT molecular complexity index is 579. The zero-order valence-electron chi connectivity index (χ0n) is 16.8. The zero-order valence-corrected chi connectivity index (χ0v) is 16.8. The molecule has 2 unspecified atom stereocenters. The molecule has 5 atom stereocenters. The summed E-state index contributed by atoms with van der Waals surface area (Å²) in [7, 11) is 3.12. The third-order valence-corrected chi connectivity index (χ3v) is 4.39. The number of hydrogen-bond acceptors (Lipinski definition) is 7. The minimum absolute atomic E-state index is 0.00698. The molecule has 0 aromatic heterocycles. The highest BCUT2D eigenvalue weighted by Crippen LogP contribution is 2.29. The topological polar surface area (TPSA) is 92.7 Å². The molecule has 0 aliphatic carbocycles. The minimum Gasteiger partial charge on any atom is -0.480 e. The first-order valence-electron chi connectivity index (χ1n) is 9.27. The van der Waals surface area contributed by atoms with Crippen LogP contribution < -0.4 is 0 Å². The van der Waals surface area contributed by atoms with Crippen LogP contribution >= 0.6 is 0 Å². The standard InChI is InChI=1S/C20H30O8/c1-13(2)25-11-15-17(23-3)18(24-4)19(20(28-15)27-12-16(21)22)26-10-14-8-6-5-7-9-14/h5-9,13,15,17-20H,10-12H2,1-4H3,(H,21,22)/t15?,17?,18-,19+,20+/m0/s1. The molecule has 8 heteroatoms. The summed E-state index contributed by atoms with van der Waals surface area (Å²) in [5.74, 6) is -1.09. The zero-order chi connectivity index (χ0) is 20.5. The van der Waals surface area contributed by atoms with Crippen molar-refractivity contribution in [2.24, 2.45) is 0 Å². The van der Waals surface area contributed by atoms with E-state index in [1.165, 1.54) is 0 Å². The van der Waals surface area contributed by atoms with Crippen molar-refractivity contribution in [1.82, 2.24) is 0 Å². The molecule has 1 saturated heterocycles. The Balaban J connectivity index is 2.16. The molecule has 0 radical (unpaired) electrons. The summed E-state index contributed by atoms with van der Waals surface area (Å²) in [6, 6.07) is 9.63. The first-order valence-corrected chi connectivity index (χ1v) is 9.27. The monoisotopic (exact) mass is 398 g/mol. The van der Waals surface area contributed by atoms with Crippen LogP contribution in [-0.4, -0.2) is 75.3 Å². The van der Waals surface area contributed by atoms with Crippen molar-refractivity contribution in [3.05, 3.63) is 35.9 Å². The van der Waals surface area contributed by atoms with Crippen LogP contribution in [-0.2, 0) is 39.8 Å². The summed E-state index contributed by atoms with van der Waals surface area (Å²) in [5, 5.41) is 9.00. The molecule has 0 bridgehead atoms. The highest BCUT2D eigenvalue weighted by Gasteiger charge is 2.48. The predicted octanol–water partition coefficient (Wildman–Crippen LogP) is 1.85. The van der Waals surface area contributed by atoms with E-state index < -0.39 is 43.3 Å². The number of benzene rings is 1. The lowest BCUT2D eigenvalue weighted by Gasteiger charge is -2.45. The van der Waals surface area contributed by atoms with Gasteiger partial charge in [-0.15, -0.1) is 0 Å². The largest absolute Gasteiger partial charge is 0.480 e. The summed E-state index contributed by atoms with van der Waals surface area (Å²) >= 11 is 0. The van der Waals surface area contributed by atoms with Crippen LogP contribution in [0.5, 0.6) is 0 Å². The van der Waals surface area contributed by atoms with E-state index in [2.05, 4.69) is 0 Å². The van der Waals surface area contributed by atoms with Gasteiger partial charge < -0.3 is 33.5 Å². The Morgan fingerprint density at radius 2 is 1.75 bits per heavy atom. The second-order valence-corrected chi connectivity index (χ2v) is 6.79. The molecule has 0 saturated carbocycles. The van der Waals surface area contributed by atoms with Gasteiger partial charge in [-0.2, -0.15) is 0 Å². The Labute approximate surface area is 165 Å². The molecule has 1 fully saturated rings. The highest BCUT2D eigenvalue weighted by atomic mass is 16.7. The van der Waals surface area contributed by atoms with E-state index in [0.29, 0.717) is 6.61 Å². The lowest BCUT2D eigenvalue weighted by Crippen LogP contribution is -2.61. The molecule has 1 aliphatic rings. The lowest BCUT2D eigenvalue weighted by atomic mass is 9.98. The Kier molecular flexibility index (Phi) is 9.30. The third-order valence-electron chi connectivity index (χ3n) is 4.39. The van der Waals surface area contributed by atoms with Gasteiger partial charge in [0.1, 0.15) is 31.0 Å². The van der Waals surface area contributed by atoms with Gasteiger partial charge in [0.2, 0.25) is 0 Å². The van der Waals surface area contributed by atoms with Crippen LogP contribution in [0, 0.1) is 0 Å². The molecule has 8 nitrogen and oxygen atoms in total. The number of carboxylic acids is 1. The number of aliphatic carboxylic acids is 1. The minimum atomic E-state index is -1.09. The summed E-state index contributed by atoms with van der Waals surface area (Å²) in [5.41, 5.74) is 0.966. The van der Waals surface area contributed by atoms with Gasteiger partial charge in [0.05, 0.1) is 19.3 Å². The number of carbonyl (C=O) groups is 1. The van der Waals surface area contributed by atoms with Crippen LogP contribution in [0.2, 0.25) is 0 Å². The van der Waals surface area contributed by atoms with Crippen molar-refractivity contribution in [3.8, 4) is 0 Å². The maximum atomic E-state index is 11.0. The van der Waals surface area contributed by atoms with Crippen LogP contribution in [0.1, 0.15) is 19.4 Å². The normalized spacial score (nSPS) is 27.8. The van der Waals surface area contributed by atoms with Crippen LogP contribution in [0.4, 0.5) is 0 Å². The Morgan fingerprint density at radius 1 is 1.07 bits per heavy atom. The van der Waals surface area contributed by atoms with Crippen molar-refractivity contribution >= 4 is 5.97 Å². The highest BCUT2D eigenvalue weighted by molar-refractivity contribution is 5.68. The summed E-state index contributed by atoms with van der Waals surface area (Å²) in [6.45, 7) is 3.88. The average Bonchev–Trinajstić information content (AvgIpc) is 2.69. The van der Waals surface area contributed by atoms with E-state index in [1.54, 1.807) is 14.2 Å². The van der Waals surface area contributed by atoms with Crippen molar-refractivity contribution < 1.29 is 38.3 Å². The van der Waals surface area contributed by atoms with Crippen molar-refractivity contribution in [2.75, 3.05) is 27.4 Å². The molecule has 28 heavy (non-hydrogen) atoms. The summed E-state index contributed by atoms with van der Waals surface area (Å²) in [6.07, 6.45) is -3.08. The molecule has 0 amide bonds. The van der Waals surface area contributed by atoms with Gasteiger partial charge in [0, 0.05) is 14.2 Å². The van der Waals surface area contributed by atoms with Crippen LogP contribution in [0.3, 0.4) is 0 Å². The van der Waals surface area contributed by atoms with E-state index in [4.69, 9.17) is 33.5 Å². The smallest absolute Gasteiger partial charge is 0.329 e. The van der Waals surface area contributed by atoms with Crippen molar-refractivity contribution in [1.29, 1.82) is 0 Å². The van der Waals surface area contributed by atoms with E-state index in [-0.39, 0.29) is 12.7 Å². The second-order valence-electron chi connectivity index (χ2n) is 6.79. The summed E-state index contributed by atoms with van der Waals surface area (Å²) in [4.78, 5) is 11.0. The molecule has 158 valence electrons. The first kappa shape index (κ1) is 22.7. The number of rotatable bonds is 11. The van der Waals surface area contributed by atoms with Gasteiger partial charge in [0.25, 0.3) is 0 Å². The quantitative estimate of drug-likeness (QED) is 0.604. The molecule has 1 heterocycles. The number of ether oxygens (including phenoxy) is 6. The molecular weight excluding hydrogens is 368 g/mol. The third kappa shape index (κ3) is 6.51. The van der Waals surface area contributed by atoms with Crippen LogP contribution in [0.15, 0.2) is 30.3 Å². The van der Waals surface area contributed by atoms with Gasteiger partial charge in [-0.1, -0.05) is 30.3 Å². The van der Waals surface area contributed by atoms with E-state index >= 15 is 0 Å². The number of carboxylic acid groups (broad SMARTS) is 1. The SMILES string of the molecule is COC1C(COC(C)C)O[C@@H](OCC(=O)O)[C@H](OCc2ccccc2)[C@H]1OC. The molecular formula is C20H30O8. The van der Waals surface area contributed by atoms with Gasteiger partial charge in [-0.25, -0.2) is 4.79 Å². The van der Waals surface area contributed by atoms with E-state index in [9.17, 15) is 4.79 Å². The predicted molar refractivity (Wildman–Crippen MR) is 99.9 cm³/mol. The maximum absolute atomic E-state index is 11.0. The van der Waals surface area contributed by atoms with E-state index in [0.717, 1.165) is 5.56 Å². The van der Waals surface area contributed by atoms with Gasteiger partial charge in [0.15, 0.2) is 6.29 Å². The molecule has 1 aromatic rings. The number of hydrogen-bond donors (Lipinski definition) is 1. The average molecular weight is 398 g/mol. The fourth-order valence-electron chi connectivity index (χ4n) is 3.08. The lowest BCUT2D eigenvalue weighted by molar-refractivity contribution is -0.319.